The van der Waals surface area contributed by atoms with Crippen molar-refractivity contribution in [1.82, 2.24) is 0 Å². The second kappa shape index (κ2) is 5.74. The van der Waals surface area contributed by atoms with Crippen LogP contribution in [-0.2, 0) is 6.42 Å². The number of benzene rings is 4. The van der Waals surface area contributed by atoms with Crippen LogP contribution in [0.1, 0.15) is 12.5 Å². The van der Waals surface area contributed by atoms with E-state index in [-0.39, 0.29) is 0 Å². The molecule has 0 bridgehead atoms. The molecule has 0 unspecified atom stereocenters. The topological polar surface area (TPSA) is 26.3 Å². The van der Waals surface area contributed by atoms with Crippen molar-refractivity contribution in [2.24, 2.45) is 0 Å². The van der Waals surface area contributed by atoms with Crippen molar-refractivity contribution in [3.05, 3.63) is 84.4 Å². The lowest BCUT2D eigenvalue weighted by Crippen LogP contribution is -1.80. The number of para-hydroxylation sites is 2. The molecular weight excluding hydrogens is 344 g/mol. The van der Waals surface area contributed by atoms with Gasteiger partial charge in [-0.2, -0.15) is 0 Å². The third-order valence-electron chi connectivity index (χ3n) is 5.66. The molecule has 28 heavy (non-hydrogen) atoms. The maximum Gasteiger partial charge on any atom is 0.143 e. The Labute approximate surface area is 162 Å². The predicted molar refractivity (Wildman–Crippen MR) is 116 cm³/mol. The van der Waals surface area contributed by atoms with Gasteiger partial charge in [0.2, 0.25) is 0 Å². The molecule has 0 aliphatic carbocycles. The first-order chi connectivity index (χ1) is 13.8. The van der Waals surface area contributed by atoms with Gasteiger partial charge in [-0.05, 0) is 35.7 Å². The van der Waals surface area contributed by atoms with Gasteiger partial charge in [-0.25, -0.2) is 0 Å². The lowest BCUT2D eigenvalue weighted by Gasteiger charge is -2.05. The third kappa shape index (κ3) is 2.09. The van der Waals surface area contributed by atoms with Gasteiger partial charge >= 0.3 is 0 Å². The zero-order valence-corrected chi connectivity index (χ0v) is 15.5. The van der Waals surface area contributed by atoms with Crippen LogP contribution < -0.4 is 0 Å². The average Bonchev–Trinajstić information content (AvgIpc) is 3.31. The van der Waals surface area contributed by atoms with E-state index in [1.165, 1.54) is 10.9 Å². The minimum Gasteiger partial charge on any atom is -0.456 e. The van der Waals surface area contributed by atoms with Gasteiger partial charge in [0.1, 0.15) is 22.3 Å². The van der Waals surface area contributed by atoms with Gasteiger partial charge in [-0.3, -0.25) is 0 Å². The molecule has 2 aromatic heterocycles. The first kappa shape index (κ1) is 15.5. The van der Waals surface area contributed by atoms with Crippen LogP contribution in [-0.4, -0.2) is 0 Å². The largest absolute Gasteiger partial charge is 0.456 e. The van der Waals surface area contributed by atoms with Gasteiger partial charge < -0.3 is 8.83 Å². The molecule has 2 heteroatoms. The van der Waals surface area contributed by atoms with Crippen LogP contribution in [0.15, 0.2) is 87.7 Å². The molecule has 0 spiro atoms. The molecular formula is C26H18O2. The van der Waals surface area contributed by atoms with E-state index >= 15 is 0 Å². The summed E-state index contributed by atoms with van der Waals surface area (Å²) in [6.45, 7) is 2.17. The Morgan fingerprint density at radius 2 is 1.39 bits per heavy atom. The van der Waals surface area contributed by atoms with Crippen molar-refractivity contribution in [3.8, 4) is 11.1 Å². The van der Waals surface area contributed by atoms with Crippen LogP contribution in [0.25, 0.3) is 55.0 Å². The summed E-state index contributed by atoms with van der Waals surface area (Å²) in [5.41, 5.74) is 7.23. The quantitative estimate of drug-likeness (QED) is 0.315. The van der Waals surface area contributed by atoms with Gasteiger partial charge in [-0.1, -0.05) is 67.6 Å². The molecule has 134 valence electrons. The SMILES string of the molecule is CCc1ccc2c(c1)oc1c(-c3cccc4oc5ccccc5c34)cccc12. The minimum atomic E-state index is 0.903. The van der Waals surface area contributed by atoms with E-state index in [1.54, 1.807) is 0 Å². The Balaban J connectivity index is 1.73. The predicted octanol–water partition coefficient (Wildman–Crippen LogP) is 7.71. The number of fused-ring (bicyclic) bond motifs is 6. The maximum atomic E-state index is 6.39. The van der Waals surface area contributed by atoms with E-state index in [9.17, 15) is 0 Å². The summed E-state index contributed by atoms with van der Waals surface area (Å²) >= 11 is 0. The van der Waals surface area contributed by atoms with E-state index in [0.29, 0.717) is 0 Å². The summed E-state index contributed by atoms with van der Waals surface area (Å²) in [7, 11) is 0. The van der Waals surface area contributed by atoms with Crippen LogP contribution in [0.5, 0.6) is 0 Å². The summed E-state index contributed by atoms with van der Waals surface area (Å²) in [6.07, 6.45) is 1.00. The lowest BCUT2D eigenvalue weighted by atomic mass is 9.97. The van der Waals surface area contributed by atoms with Crippen molar-refractivity contribution in [3.63, 3.8) is 0 Å². The molecule has 0 saturated carbocycles. The van der Waals surface area contributed by atoms with Crippen molar-refractivity contribution in [2.45, 2.75) is 13.3 Å². The summed E-state index contributed by atoms with van der Waals surface area (Å²) < 4.78 is 12.5. The van der Waals surface area contributed by atoms with E-state index in [1.807, 2.05) is 18.2 Å². The first-order valence-corrected chi connectivity index (χ1v) is 9.68. The van der Waals surface area contributed by atoms with Gasteiger partial charge in [0.15, 0.2) is 0 Å². The molecule has 0 aliphatic rings. The van der Waals surface area contributed by atoms with Crippen molar-refractivity contribution in [1.29, 1.82) is 0 Å². The first-order valence-electron chi connectivity index (χ1n) is 9.68. The van der Waals surface area contributed by atoms with E-state index in [2.05, 4.69) is 67.6 Å². The summed E-state index contributed by atoms with van der Waals surface area (Å²) in [6, 6.07) is 27.4. The zero-order chi connectivity index (χ0) is 18.7. The summed E-state index contributed by atoms with van der Waals surface area (Å²) in [5.74, 6) is 0. The second-order valence-electron chi connectivity index (χ2n) is 7.25. The molecule has 6 aromatic rings. The van der Waals surface area contributed by atoms with Crippen LogP contribution in [0.4, 0.5) is 0 Å². The van der Waals surface area contributed by atoms with Crippen molar-refractivity contribution >= 4 is 43.9 Å². The number of furan rings is 2. The standard InChI is InChI=1S/C26H18O2/c1-2-16-13-14-17-19-9-5-10-20(26(19)28-24(17)15-16)18-8-6-12-23-25(18)21-7-3-4-11-22(21)27-23/h3-15H,2H2,1H3. The Kier molecular flexibility index (Phi) is 3.18. The fraction of sp³-hybridized carbons (Fsp3) is 0.0769. The van der Waals surface area contributed by atoms with E-state index < -0.39 is 0 Å². The number of aryl methyl sites for hydroxylation is 1. The summed E-state index contributed by atoms with van der Waals surface area (Å²) in [4.78, 5) is 0. The van der Waals surface area contributed by atoms with Crippen LogP contribution >= 0.6 is 0 Å². The number of hydrogen-bond acceptors (Lipinski definition) is 2. The Bertz CT molecular complexity index is 1500. The van der Waals surface area contributed by atoms with Gasteiger partial charge in [0.25, 0.3) is 0 Å². The van der Waals surface area contributed by atoms with Crippen molar-refractivity contribution in [2.75, 3.05) is 0 Å². The highest BCUT2D eigenvalue weighted by atomic mass is 16.3. The smallest absolute Gasteiger partial charge is 0.143 e. The third-order valence-corrected chi connectivity index (χ3v) is 5.66. The van der Waals surface area contributed by atoms with Gasteiger partial charge in [-0.15, -0.1) is 0 Å². The summed E-state index contributed by atoms with van der Waals surface area (Å²) in [5, 5.41) is 4.59. The van der Waals surface area contributed by atoms with Crippen LogP contribution in [0.3, 0.4) is 0 Å². The molecule has 4 aromatic carbocycles. The molecule has 0 atom stereocenters. The van der Waals surface area contributed by atoms with Gasteiger partial charge in [0, 0.05) is 27.1 Å². The maximum absolute atomic E-state index is 6.39. The highest BCUT2D eigenvalue weighted by molar-refractivity contribution is 6.17. The normalized spacial score (nSPS) is 11.9. The zero-order valence-electron chi connectivity index (χ0n) is 15.5. The molecule has 0 N–H and O–H groups in total. The molecule has 0 radical (unpaired) electrons. The molecule has 0 fully saturated rings. The average molecular weight is 362 g/mol. The Morgan fingerprint density at radius 1 is 0.607 bits per heavy atom. The molecule has 0 aliphatic heterocycles. The number of rotatable bonds is 2. The fourth-order valence-electron chi connectivity index (χ4n) is 4.27. The van der Waals surface area contributed by atoms with Crippen LogP contribution in [0.2, 0.25) is 0 Å². The highest BCUT2D eigenvalue weighted by Gasteiger charge is 2.17. The van der Waals surface area contributed by atoms with Crippen molar-refractivity contribution < 1.29 is 8.83 Å². The molecule has 2 nitrogen and oxygen atoms in total. The monoisotopic (exact) mass is 362 g/mol. The highest BCUT2D eigenvalue weighted by Crippen LogP contribution is 2.41. The second-order valence-corrected chi connectivity index (χ2v) is 7.25. The van der Waals surface area contributed by atoms with Gasteiger partial charge in [0.05, 0.1) is 0 Å². The van der Waals surface area contributed by atoms with E-state index in [0.717, 1.165) is 56.0 Å². The molecule has 6 rings (SSSR count). The Morgan fingerprint density at radius 3 is 2.32 bits per heavy atom. The lowest BCUT2D eigenvalue weighted by molar-refractivity contribution is 0.668. The number of hydrogen-bond donors (Lipinski definition) is 0. The molecule has 0 amide bonds. The molecule has 0 saturated heterocycles. The minimum absolute atomic E-state index is 0.903. The fourth-order valence-corrected chi connectivity index (χ4v) is 4.27. The van der Waals surface area contributed by atoms with Crippen LogP contribution in [0, 0.1) is 0 Å². The van der Waals surface area contributed by atoms with E-state index in [4.69, 9.17) is 8.83 Å². The molecule has 2 heterocycles. The Hall–Kier alpha value is -3.52.